The highest BCUT2D eigenvalue weighted by molar-refractivity contribution is 5.80. The van der Waals surface area contributed by atoms with E-state index < -0.39 is 0 Å². The fraction of sp³-hybridized carbons (Fsp3) is 0.889. The van der Waals surface area contributed by atoms with Crippen LogP contribution in [0.5, 0.6) is 0 Å². The molecule has 7 heteroatoms. The number of likely N-dealkylation sites (tertiary alicyclic amines) is 1. The number of carbonyl (C=O) groups is 1. The van der Waals surface area contributed by atoms with Gasteiger partial charge in [0.2, 0.25) is 5.91 Å². The first-order chi connectivity index (χ1) is 11.9. The van der Waals surface area contributed by atoms with Crippen LogP contribution >= 0.6 is 0 Å². The number of hydrogen-bond acceptors (Lipinski definition) is 4. The minimum Gasteiger partial charge on any atom is -0.379 e. The molecule has 2 aliphatic rings. The Hall–Kier alpha value is -1.34. The number of amides is 1. The summed E-state index contributed by atoms with van der Waals surface area (Å²) in [5, 5.41) is 3.42. The maximum Gasteiger partial charge on any atom is 0.217 e. The SMILES string of the molecule is CCNC(=NCC(C)(C)N1CCOCC1)N1CCCC(CC(N)=O)C1. The smallest absolute Gasteiger partial charge is 0.217 e. The van der Waals surface area contributed by atoms with E-state index in [2.05, 4.69) is 35.9 Å². The Labute approximate surface area is 152 Å². The number of piperidine rings is 1. The van der Waals surface area contributed by atoms with Gasteiger partial charge in [0.1, 0.15) is 0 Å². The van der Waals surface area contributed by atoms with E-state index in [0.29, 0.717) is 12.3 Å². The van der Waals surface area contributed by atoms with Crippen molar-refractivity contribution in [3.8, 4) is 0 Å². The van der Waals surface area contributed by atoms with Gasteiger partial charge in [0.15, 0.2) is 5.96 Å². The Balaban J connectivity index is 2.00. The van der Waals surface area contributed by atoms with Crippen LogP contribution in [-0.2, 0) is 9.53 Å². The second-order valence-electron chi connectivity index (χ2n) is 7.71. The number of aliphatic imine (C=N–C) groups is 1. The van der Waals surface area contributed by atoms with Crippen LogP contribution in [0.2, 0.25) is 0 Å². The van der Waals surface area contributed by atoms with E-state index in [-0.39, 0.29) is 11.4 Å². The van der Waals surface area contributed by atoms with Gasteiger partial charge >= 0.3 is 0 Å². The Morgan fingerprint density at radius 3 is 2.68 bits per heavy atom. The predicted molar refractivity (Wildman–Crippen MR) is 101 cm³/mol. The zero-order chi connectivity index (χ0) is 18.3. The molecule has 144 valence electrons. The van der Waals surface area contributed by atoms with E-state index in [1.54, 1.807) is 0 Å². The third kappa shape index (κ3) is 6.15. The molecule has 25 heavy (non-hydrogen) atoms. The average molecular weight is 354 g/mol. The number of carbonyl (C=O) groups excluding carboxylic acids is 1. The first-order valence-electron chi connectivity index (χ1n) is 9.56. The van der Waals surface area contributed by atoms with Crippen molar-refractivity contribution in [2.75, 3.05) is 52.5 Å². The monoisotopic (exact) mass is 353 g/mol. The average Bonchev–Trinajstić information content (AvgIpc) is 2.59. The number of nitrogens with one attached hydrogen (secondary N) is 1. The van der Waals surface area contributed by atoms with Crippen molar-refractivity contribution in [2.45, 2.75) is 45.6 Å². The third-order valence-corrected chi connectivity index (χ3v) is 5.13. The molecule has 0 spiro atoms. The standard InChI is InChI=1S/C18H35N5O2/c1-4-20-17(22-7-5-6-15(13-22)12-16(19)24)21-14-18(2,3)23-8-10-25-11-9-23/h15H,4-14H2,1-3H3,(H2,19,24)(H,20,21). The largest absolute Gasteiger partial charge is 0.379 e. The summed E-state index contributed by atoms with van der Waals surface area (Å²) >= 11 is 0. The van der Waals surface area contributed by atoms with Gasteiger partial charge in [0, 0.05) is 44.7 Å². The lowest BCUT2D eigenvalue weighted by Gasteiger charge is -2.40. The molecule has 0 bridgehead atoms. The van der Waals surface area contributed by atoms with Gasteiger partial charge < -0.3 is 20.7 Å². The lowest BCUT2D eigenvalue weighted by atomic mass is 9.95. The molecule has 7 nitrogen and oxygen atoms in total. The molecule has 0 saturated carbocycles. The van der Waals surface area contributed by atoms with E-state index >= 15 is 0 Å². The van der Waals surface area contributed by atoms with E-state index in [0.717, 1.165) is 71.3 Å². The van der Waals surface area contributed by atoms with Gasteiger partial charge in [0.25, 0.3) is 0 Å². The molecule has 1 atom stereocenters. The van der Waals surface area contributed by atoms with Gasteiger partial charge in [-0.05, 0) is 39.5 Å². The molecule has 2 saturated heterocycles. The number of primary amides is 1. The highest BCUT2D eigenvalue weighted by Crippen LogP contribution is 2.20. The van der Waals surface area contributed by atoms with Crippen molar-refractivity contribution in [3.63, 3.8) is 0 Å². The first kappa shape index (κ1) is 20.0. The summed E-state index contributed by atoms with van der Waals surface area (Å²) < 4.78 is 5.46. The number of morpholine rings is 1. The van der Waals surface area contributed by atoms with Crippen molar-refractivity contribution >= 4 is 11.9 Å². The maximum atomic E-state index is 11.2. The molecule has 2 fully saturated rings. The molecule has 2 heterocycles. The van der Waals surface area contributed by atoms with Crippen LogP contribution in [0.15, 0.2) is 4.99 Å². The molecule has 0 aliphatic carbocycles. The number of nitrogens with two attached hydrogens (primary N) is 1. The Bertz CT molecular complexity index is 460. The third-order valence-electron chi connectivity index (χ3n) is 5.13. The topological polar surface area (TPSA) is 83.2 Å². The Morgan fingerprint density at radius 1 is 1.32 bits per heavy atom. The van der Waals surface area contributed by atoms with E-state index in [1.165, 1.54) is 0 Å². The highest BCUT2D eigenvalue weighted by atomic mass is 16.5. The van der Waals surface area contributed by atoms with Crippen LogP contribution in [0.1, 0.15) is 40.0 Å². The summed E-state index contributed by atoms with van der Waals surface area (Å²) in [5.41, 5.74) is 5.39. The number of rotatable bonds is 6. The molecule has 0 aromatic carbocycles. The van der Waals surface area contributed by atoms with Gasteiger partial charge in [-0.3, -0.25) is 14.7 Å². The Morgan fingerprint density at radius 2 is 2.04 bits per heavy atom. The molecule has 0 radical (unpaired) electrons. The summed E-state index contributed by atoms with van der Waals surface area (Å²) in [6, 6.07) is 0. The molecule has 3 N–H and O–H groups in total. The molecule has 0 aromatic heterocycles. The molecule has 2 rings (SSSR count). The number of nitrogens with zero attached hydrogens (tertiary/aromatic N) is 3. The summed E-state index contributed by atoms with van der Waals surface area (Å²) in [6.45, 7) is 13.5. The van der Waals surface area contributed by atoms with Crippen molar-refractivity contribution in [1.29, 1.82) is 0 Å². The van der Waals surface area contributed by atoms with Gasteiger partial charge in [0.05, 0.1) is 19.8 Å². The van der Waals surface area contributed by atoms with Gasteiger partial charge in [-0.25, -0.2) is 0 Å². The van der Waals surface area contributed by atoms with E-state index in [1.807, 2.05) is 0 Å². The fourth-order valence-electron chi connectivity index (χ4n) is 3.67. The molecular weight excluding hydrogens is 318 g/mol. The quantitative estimate of drug-likeness (QED) is 0.541. The minimum atomic E-state index is -0.206. The van der Waals surface area contributed by atoms with Crippen LogP contribution in [0, 0.1) is 5.92 Å². The van der Waals surface area contributed by atoms with Crippen molar-refractivity contribution in [1.82, 2.24) is 15.1 Å². The van der Waals surface area contributed by atoms with Crippen LogP contribution < -0.4 is 11.1 Å². The number of guanidine groups is 1. The minimum absolute atomic E-state index is 0.00681. The first-order valence-corrected chi connectivity index (χ1v) is 9.56. The summed E-state index contributed by atoms with van der Waals surface area (Å²) in [5.74, 6) is 1.09. The van der Waals surface area contributed by atoms with Gasteiger partial charge in [-0.1, -0.05) is 0 Å². The van der Waals surface area contributed by atoms with E-state index in [4.69, 9.17) is 15.5 Å². The fourth-order valence-corrected chi connectivity index (χ4v) is 3.67. The zero-order valence-corrected chi connectivity index (χ0v) is 16.1. The molecule has 0 aromatic rings. The molecular formula is C18H35N5O2. The number of hydrogen-bond donors (Lipinski definition) is 2. The van der Waals surface area contributed by atoms with Crippen molar-refractivity contribution in [2.24, 2.45) is 16.6 Å². The molecule has 1 amide bonds. The zero-order valence-electron chi connectivity index (χ0n) is 16.1. The van der Waals surface area contributed by atoms with Gasteiger partial charge in [-0.15, -0.1) is 0 Å². The Kier molecular flexibility index (Phi) is 7.50. The predicted octanol–water partition coefficient (Wildman–Crippen LogP) is 0.650. The second-order valence-corrected chi connectivity index (χ2v) is 7.71. The summed E-state index contributed by atoms with van der Waals surface area (Å²) in [6.07, 6.45) is 2.61. The lowest BCUT2D eigenvalue weighted by molar-refractivity contribution is -0.119. The van der Waals surface area contributed by atoms with E-state index in [9.17, 15) is 4.79 Å². The maximum absolute atomic E-state index is 11.2. The second kappa shape index (κ2) is 9.38. The van der Waals surface area contributed by atoms with Crippen molar-refractivity contribution in [3.05, 3.63) is 0 Å². The summed E-state index contributed by atoms with van der Waals surface area (Å²) in [7, 11) is 0. The number of ether oxygens (including phenoxy) is 1. The normalized spacial score (nSPS) is 23.6. The van der Waals surface area contributed by atoms with Crippen LogP contribution in [0.3, 0.4) is 0 Å². The van der Waals surface area contributed by atoms with Crippen LogP contribution in [0.4, 0.5) is 0 Å². The highest BCUT2D eigenvalue weighted by Gasteiger charge is 2.29. The summed E-state index contributed by atoms with van der Waals surface area (Å²) in [4.78, 5) is 20.9. The van der Waals surface area contributed by atoms with Gasteiger partial charge in [-0.2, -0.15) is 0 Å². The lowest BCUT2D eigenvalue weighted by Crippen LogP contribution is -2.53. The van der Waals surface area contributed by atoms with Crippen LogP contribution in [0.25, 0.3) is 0 Å². The molecule has 2 aliphatic heterocycles. The van der Waals surface area contributed by atoms with Crippen molar-refractivity contribution < 1.29 is 9.53 Å². The molecule has 1 unspecified atom stereocenters. The van der Waals surface area contributed by atoms with Crippen LogP contribution in [-0.4, -0.2) is 79.7 Å².